The number of carbonyl (C=O) groups is 1. The molecular weight excluding hydrogens is 224 g/mol. The summed E-state index contributed by atoms with van der Waals surface area (Å²) in [6.07, 6.45) is 3.32. The third-order valence-electron chi connectivity index (χ3n) is 3.59. The fourth-order valence-electron chi connectivity index (χ4n) is 2.48. The van der Waals surface area contributed by atoms with Crippen LogP contribution >= 0.6 is 0 Å². The first-order valence-electron chi connectivity index (χ1n) is 6.88. The summed E-state index contributed by atoms with van der Waals surface area (Å²) in [5.41, 5.74) is 1.94. The molecule has 2 rings (SSSR count). The van der Waals surface area contributed by atoms with Gasteiger partial charge >= 0.3 is 0 Å². The molecule has 3 nitrogen and oxygen atoms in total. The average molecular weight is 246 g/mol. The van der Waals surface area contributed by atoms with Crippen molar-refractivity contribution in [3.63, 3.8) is 0 Å². The van der Waals surface area contributed by atoms with Crippen molar-refractivity contribution in [3.8, 4) is 0 Å². The maximum absolute atomic E-state index is 12.1. The average Bonchev–Trinajstić information content (AvgIpc) is 2.45. The Balaban J connectivity index is 1.90. The third-order valence-corrected chi connectivity index (χ3v) is 3.59. The van der Waals surface area contributed by atoms with Crippen LogP contribution in [-0.4, -0.2) is 25.5 Å². The maximum atomic E-state index is 12.1. The molecule has 0 spiro atoms. The lowest BCUT2D eigenvalue weighted by molar-refractivity contribution is 0.0944. The molecule has 2 N–H and O–H groups in total. The summed E-state index contributed by atoms with van der Waals surface area (Å²) >= 11 is 0. The minimum atomic E-state index is 0.0676. The predicted octanol–water partition coefficient (Wildman–Crippen LogP) is 1.98. The van der Waals surface area contributed by atoms with Crippen LogP contribution in [0.1, 0.15) is 35.7 Å². The first-order chi connectivity index (χ1) is 8.81. The second-order valence-corrected chi connectivity index (χ2v) is 4.93. The highest BCUT2D eigenvalue weighted by atomic mass is 16.1. The van der Waals surface area contributed by atoms with Gasteiger partial charge in [-0.25, -0.2) is 0 Å². The highest BCUT2D eigenvalue weighted by Gasteiger charge is 2.15. The fourth-order valence-corrected chi connectivity index (χ4v) is 2.48. The Morgan fingerprint density at radius 1 is 1.44 bits per heavy atom. The Kier molecular flexibility index (Phi) is 4.76. The van der Waals surface area contributed by atoms with E-state index in [0.29, 0.717) is 5.92 Å². The largest absolute Gasteiger partial charge is 0.352 e. The molecule has 1 fully saturated rings. The molecule has 1 unspecified atom stereocenters. The highest BCUT2D eigenvalue weighted by Crippen LogP contribution is 2.11. The van der Waals surface area contributed by atoms with Crippen LogP contribution in [0.25, 0.3) is 0 Å². The molecule has 0 saturated carbocycles. The summed E-state index contributed by atoms with van der Waals surface area (Å²) in [5.74, 6) is 0.648. The van der Waals surface area contributed by atoms with Gasteiger partial charge in [-0.1, -0.05) is 25.1 Å². The maximum Gasteiger partial charge on any atom is 0.251 e. The monoisotopic (exact) mass is 246 g/mol. The lowest BCUT2D eigenvalue weighted by atomic mass is 9.99. The van der Waals surface area contributed by atoms with Gasteiger partial charge in [0.05, 0.1) is 0 Å². The van der Waals surface area contributed by atoms with E-state index in [1.807, 2.05) is 24.3 Å². The van der Waals surface area contributed by atoms with Gasteiger partial charge in [0.1, 0.15) is 0 Å². The van der Waals surface area contributed by atoms with E-state index in [9.17, 15) is 4.79 Å². The standard InChI is InChI=1S/C15H22N2O/c1-2-13-7-3-4-8-14(13)15(18)17-11-12-6-5-9-16-10-12/h3-4,7-8,12,16H,2,5-6,9-11H2,1H3,(H,17,18). The zero-order chi connectivity index (χ0) is 12.8. The quantitative estimate of drug-likeness (QED) is 0.853. The van der Waals surface area contributed by atoms with E-state index in [-0.39, 0.29) is 5.91 Å². The second kappa shape index (κ2) is 6.55. The van der Waals surface area contributed by atoms with Gasteiger partial charge in [0, 0.05) is 12.1 Å². The first-order valence-corrected chi connectivity index (χ1v) is 6.88. The number of benzene rings is 1. The number of nitrogens with one attached hydrogen (secondary N) is 2. The van der Waals surface area contributed by atoms with E-state index in [2.05, 4.69) is 17.6 Å². The summed E-state index contributed by atoms with van der Waals surface area (Å²) in [6, 6.07) is 7.85. The molecule has 0 aliphatic carbocycles. The van der Waals surface area contributed by atoms with Crippen molar-refractivity contribution < 1.29 is 4.79 Å². The molecule has 1 atom stereocenters. The molecule has 1 aliphatic heterocycles. The molecule has 1 aromatic carbocycles. The molecule has 0 aromatic heterocycles. The van der Waals surface area contributed by atoms with Crippen LogP contribution in [0.3, 0.4) is 0 Å². The zero-order valence-corrected chi connectivity index (χ0v) is 11.0. The van der Waals surface area contributed by atoms with Crippen molar-refractivity contribution in [1.29, 1.82) is 0 Å². The molecule has 1 saturated heterocycles. The Morgan fingerprint density at radius 3 is 3.00 bits per heavy atom. The summed E-state index contributed by atoms with van der Waals surface area (Å²) in [7, 11) is 0. The Bertz CT molecular complexity index is 397. The zero-order valence-electron chi connectivity index (χ0n) is 11.0. The van der Waals surface area contributed by atoms with E-state index in [1.54, 1.807) is 0 Å². The lowest BCUT2D eigenvalue weighted by Gasteiger charge is -2.23. The molecule has 1 heterocycles. The molecular formula is C15H22N2O. The minimum absolute atomic E-state index is 0.0676. The van der Waals surface area contributed by atoms with Crippen LogP contribution < -0.4 is 10.6 Å². The van der Waals surface area contributed by atoms with Crippen LogP contribution in [0.2, 0.25) is 0 Å². The number of hydrogen-bond acceptors (Lipinski definition) is 2. The molecule has 18 heavy (non-hydrogen) atoms. The van der Waals surface area contributed by atoms with Crippen molar-refractivity contribution in [1.82, 2.24) is 10.6 Å². The Labute approximate surface area is 109 Å². The van der Waals surface area contributed by atoms with Gasteiger partial charge in [0.15, 0.2) is 0 Å². The third kappa shape index (κ3) is 3.33. The van der Waals surface area contributed by atoms with Gasteiger partial charge in [0.25, 0.3) is 5.91 Å². The number of rotatable bonds is 4. The number of carbonyl (C=O) groups excluding carboxylic acids is 1. The summed E-state index contributed by atoms with van der Waals surface area (Å²) in [4.78, 5) is 12.1. The van der Waals surface area contributed by atoms with Crippen LogP contribution in [0, 0.1) is 5.92 Å². The van der Waals surface area contributed by atoms with Crippen molar-refractivity contribution in [2.75, 3.05) is 19.6 Å². The van der Waals surface area contributed by atoms with Crippen LogP contribution in [0.5, 0.6) is 0 Å². The number of aryl methyl sites for hydroxylation is 1. The number of amides is 1. The van der Waals surface area contributed by atoms with Gasteiger partial charge < -0.3 is 10.6 Å². The molecule has 1 aromatic rings. The normalized spacial score (nSPS) is 19.5. The Hall–Kier alpha value is -1.35. The van der Waals surface area contributed by atoms with E-state index in [1.165, 1.54) is 12.8 Å². The molecule has 3 heteroatoms. The van der Waals surface area contributed by atoms with Crippen molar-refractivity contribution in [2.24, 2.45) is 5.92 Å². The fraction of sp³-hybridized carbons (Fsp3) is 0.533. The summed E-state index contributed by atoms with van der Waals surface area (Å²) in [6.45, 7) is 5.00. The molecule has 1 amide bonds. The van der Waals surface area contributed by atoms with Gasteiger partial charge in [-0.3, -0.25) is 4.79 Å². The van der Waals surface area contributed by atoms with E-state index >= 15 is 0 Å². The van der Waals surface area contributed by atoms with Crippen LogP contribution in [0.15, 0.2) is 24.3 Å². The molecule has 1 aliphatic rings. The van der Waals surface area contributed by atoms with Crippen molar-refractivity contribution in [3.05, 3.63) is 35.4 Å². The molecule has 0 bridgehead atoms. The first kappa shape index (κ1) is 13.1. The topological polar surface area (TPSA) is 41.1 Å². The van der Waals surface area contributed by atoms with Crippen LogP contribution in [0.4, 0.5) is 0 Å². The van der Waals surface area contributed by atoms with E-state index < -0.39 is 0 Å². The summed E-state index contributed by atoms with van der Waals surface area (Å²) in [5, 5.41) is 6.43. The minimum Gasteiger partial charge on any atom is -0.352 e. The lowest BCUT2D eigenvalue weighted by Crippen LogP contribution is -2.38. The van der Waals surface area contributed by atoms with Gasteiger partial charge in [-0.15, -0.1) is 0 Å². The van der Waals surface area contributed by atoms with Gasteiger partial charge in [-0.2, -0.15) is 0 Å². The SMILES string of the molecule is CCc1ccccc1C(=O)NCC1CCCNC1. The Morgan fingerprint density at radius 2 is 2.28 bits per heavy atom. The number of piperidine rings is 1. The van der Waals surface area contributed by atoms with Crippen molar-refractivity contribution in [2.45, 2.75) is 26.2 Å². The van der Waals surface area contributed by atoms with E-state index in [4.69, 9.17) is 0 Å². The second-order valence-electron chi connectivity index (χ2n) is 4.93. The smallest absolute Gasteiger partial charge is 0.251 e. The molecule has 0 radical (unpaired) electrons. The van der Waals surface area contributed by atoms with E-state index in [0.717, 1.165) is 37.2 Å². The summed E-state index contributed by atoms with van der Waals surface area (Å²) < 4.78 is 0. The predicted molar refractivity (Wildman–Crippen MR) is 73.7 cm³/mol. The molecule has 98 valence electrons. The van der Waals surface area contributed by atoms with Gasteiger partial charge in [-0.05, 0) is 49.9 Å². The van der Waals surface area contributed by atoms with Crippen LogP contribution in [-0.2, 0) is 6.42 Å². The highest BCUT2D eigenvalue weighted by molar-refractivity contribution is 5.95. The van der Waals surface area contributed by atoms with Crippen molar-refractivity contribution >= 4 is 5.91 Å². The number of hydrogen-bond donors (Lipinski definition) is 2. The van der Waals surface area contributed by atoms with Gasteiger partial charge in [0.2, 0.25) is 0 Å².